The SMILES string of the molecule is COCc1cc(-c2nc(C(F)(F)F)c(Oc3ccc(Cl)c(Cl)c3)c(=O)[nH]2)no1. The minimum absolute atomic E-state index is 0.0435. The molecule has 0 spiro atoms. The van der Waals surface area contributed by atoms with Crippen molar-refractivity contribution in [2.24, 2.45) is 0 Å². The van der Waals surface area contributed by atoms with Crippen molar-refractivity contribution in [1.29, 1.82) is 0 Å². The molecule has 0 aliphatic rings. The van der Waals surface area contributed by atoms with Crippen molar-refractivity contribution in [3.63, 3.8) is 0 Å². The van der Waals surface area contributed by atoms with Crippen LogP contribution in [0.4, 0.5) is 13.2 Å². The maximum Gasteiger partial charge on any atom is 0.437 e. The largest absolute Gasteiger partial charge is 0.449 e. The van der Waals surface area contributed by atoms with E-state index in [4.69, 9.17) is 37.2 Å². The fraction of sp³-hybridized carbons (Fsp3) is 0.188. The first-order valence-corrected chi connectivity index (χ1v) is 8.24. The second kappa shape index (κ2) is 7.82. The Labute approximate surface area is 165 Å². The minimum atomic E-state index is -4.98. The quantitative estimate of drug-likeness (QED) is 0.624. The Balaban J connectivity index is 2.07. The van der Waals surface area contributed by atoms with Gasteiger partial charge in [-0.15, -0.1) is 0 Å². The van der Waals surface area contributed by atoms with E-state index in [2.05, 4.69) is 15.1 Å². The maximum absolute atomic E-state index is 13.5. The smallest absolute Gasteiger partial charge is 0.437 e. The third-order valence-electron chi connectivity index (χ3n) is 3.34. The summed E-state index contributed by atoms with van der Waals surface area (Å²) in [4.78, 5) is 18.0. The second-order valence-corrected chi connectivity index (χ2v) is 6.19. The maximum atomic E-state index is 13.5. The topological polar surface area (TPSA) is 90.2 Å². The van der Waals surface area contributed by atoms with Gasteiger partial charge in [0.15, 0.2) is 17.3 Å². The lowest BCUT2D eigenvalue weighted by Gasteiger charge is -2.13. The lowest BCUT2D eigenvalue weighted by atomic mass is 10.3. The van der Waals surface area contributed by atoms with Crippen molar-refractivity contribution < 1.29 is 27.2 Å². The molecule has 0 unspecified atom stereocenters. The van der Waals surface area contributed by atoms with Crippen LogP contribution in [-0.2, 0) is 17.5 Å². The molecule has 0 amide bonds. The summed E-state index contributed by atoms with van der Waals surface area (Å²) in [6.45, 7) is 0.0435. The summed E-state index contributed by atoms with van der Waals surface area (Å²) in [5.74, 6) is -1.37. The van der Waals surface area contributed by atoms with Crippen LogP contribution in [0.5, 0.6) is 11.5 Å². The van der Waals surface area contributed by atoms with Crippen molar-refractivity contribution >= 4 is 23.2 Å². The molecule has 0 atom stereocenters. The number of nitrogens with one attached hydrogen (secondary N) is 1. The molecule has 0 saturated heterocycles. The van der Waals surface area contributed by atoms with Gasteiger partial charge in [0.25, 0.3) is 5.56 Å². The molecule has 0 aliphatic heterocycles. The summed E-state index contributed by atoms with van der Waals surface area (Å²) in [6.07, 6.45) is -4.98. The first-order chi connectivity index (χ1) is 13.2. The fourth-order valence-electron chi connectivity index (χ4n) is 2.16. The van der Waals surface area contributed by atoms with E-state index in [9.17, 15) is 18.0 Å². The molecule has 2 aromatic heterocycles. The fourth-order valence-corrected chi connectivity index (χ4v) is 2.45. The highest BCUT2D eigenvalue weighted by Crippen LogP contribution is 2.36. The van der Waals surface area contributed by atoms with E-state index in [1.165, 1.54) is 31.4 Å². The molecule has 148 valence electrons. The van der Waals surface area contributed by atoms with Crippen molar-refractivity contribution in [2.75, 3.05) is 7.11 Å². The number of rotatable bonds is 5. The normalized spacial score (nSPS) is 11.6. The van der Waals surface area contributed by atoms with Crippen LogP contribution in [0.1, 0.15) is 11.5 Å². The van der Waals surface area contributed by atoms with E-state index in [1.54, 1.807) is 0 Å². The summed E-state index contributed by atoms with van der Waals surface area (Å²) >= 11 is 11.6. The van der Waals surface area contributed by atoms with Crippen molar-refractivity contribution in [2.45, 2.75) is 12.8 Å². The molecule has 2 heterocycles. The highest BCUT2D eigenvalue weighted by molar-refractivity contribution is 6.42. The van der Waals surface area contributed by atoms with Crippen LogP contribution in [0.3, 0.4) is 0 Å². The number of aromatic nitrogens is 3. The molecule has 3 rings (SSSR count). The Kier molecular flexibility index (Phi) is 5.64. The zero-order chi connectivity index (χ0) is 20.5. The third kappa shape index (κ3) is 4.29. The van der Waals surface area contributed by atoms with E-state index in [0.29, 0.717) is 0 Å². The van der Waals surface area contributed by atoms with Gasteiger partial charge >= 0.3 is 6.18 Å². The van der Waals surface area contributed by atoms with Crippen molar-refractivity contribution in [3.8, 4) is 23.0 Å². The molecule has 1 aromatic carbocycles. The standard InChI is InChI=1S/C16H10Cl2F3N3O4/c1-26-6-8-5-11(24-28-8)14-22-13(16(19,20)21)12(15(25)23-14)27-7-2-3-9(17)10(18)4-7/h2-5H,6H2,1H3,(H,22,23,25). The van der Waals surface area contributed by atoms with Gasteiger partial charge < -0.3 is 19.0 Å². The number of benzene rings is 1. The van der Waals surface area contributed by atoms with Crippen molar-refractivity contribution in [1.82, 2.24) is 15.1 Å². The van der Waals surface area contributed by atoms with Crippen LogP contribution < -0.4 is 10.3 Å². The van der Waals surface area contributed by atoms with Crippen LogP contribution in [-0.4, -0.2) is 22.2 Å². The van der Waals surface area contributed by atoms with E-state index >= 15 is 0 Å². The molecular weight excluding hydrogens is 426 g/mol. The molecule has 28 heavy (non-hydrogen) atoms. The van der Waals surface area contributed by atoms with Crippen molar-refractivity contribution in [3.05, 3.63) is 56.1 Å². The summed E-state index contributed by atoms with van der Waals surface area (Å²) in [6, 6.07) is 5.04. The first kappa shape index (κ1) is 20.2. The number of H-pyrrole nitrogens is 1. The van der Waals surface area contributed by atoms with Gasteiger partial charge in [0, 0.05) is 19.2 Å². The van der Waals surface area contributed by atoms with Gasteiger partial charge in [-0.05, 0) is 12.1 Å². The number of hydrogen-bond acceptors (Lipinski definition) is 6. The number of alkyl halides is 3. The molecule has 0 radical (unpaired) electrons. The Bertz CT molecular complexity index is 1070. The highest BCUT2D eigenvalue weighted by Gasteiger charge is 2.39. The molecule has 0 fully saturated rings. The lowest BCUT2D eigenvalue weighted by Crippen LogP contribution is -2.20. The molecule has 0 aliphatic carbocycles. The molecule has 3 aromatic rings. The van der Waals surface area contributed by atoms with Crippen LogP contribution >= 0.6 is 23.2 Å². The first-order valence-electron chi connectivity index (χ1n) is 7.48. The third-order valence-corrected chi connectivity index (χ3v) is 4.08. The summed E-state index contributed by atoms with van der Waals surface area (Å²) in [5, 5.41) is 3.79. The number of halogens is 5. The minimum Gasteiger partial charge on any atom is -0.449 e. The Hall–Kier alpha value is -2.56. The van der Waals surface area contributed by atoms with Crippen LogP contribution in [0.15, 0.2) is 33.6 Å². The van der Waals surface area contributed by atoms with Gasteiger partial charge in [-0.25, -0.2) is 4.98 Å². The van der Waals surface area contributed by atoms with Gasteiger partial charge in [0.2, 0.25) is 5.75 Å². The van der Waals surface area contributed by atoms with Crippen LogP contribution in [0.25, 0.3) is 11.5 Å². The Morgan fingerprint density at radius 3 is 2.61 bits per heavy atom. The van der Waals surface area contributed by atoms with Gasteiger partial charge in [-0.3, -0.25) is 4.79 Å². The van der Waals surface area contributed by atoms with Gasteiger partial charge in [-0.2, -0.15) is 13.2 Å². The van der Waals surface area contributed by atoms with Gasteiger partial charge in [0.05, 0.1) is 10.0 Å². The van der Waals surface area contributed by atoms with E-state index in [1.807, 2.05) is 0 Å². The molecule has 7 nitrogen and oxygen atoms in total. The molecule has 1 N–H and O–H groups in total. The van der Waals surface area contributed by atoms with E-state index in [0.717, 1.165) is 0 Å². The van der Waals surface area contributed by atoms with Gasteiger partial charge in [-0.1, -0.05) is 28.4 Å². The zero-order valence-corrected chi connectivity index (χ0v) is 15.4. The number of aromatic amines is 1. The van der Waals surface area contributed by atoms with Crippen LogP contribution in [0.2, 0.25) is 10.0 Å². The number of nitrogens with zero attached hydrogens (tertiary/aromatic N) is 2. The second-order valence-electron chi connectivity index (χ2n) is 5.38. The van der Waals surface area contributed by atoms with Crippen LogP contribution in [0, 0.1) is 0 Å². The summed E-state index contributed by atoms with van der Waals surface area (Å²) < 4.78 is 55.3. The molecular formula is C16H10Cl2F3N3O4. The van der Waals surface area contributed by atoms with E-state index < -0.39 is 29.0 Å². The summed E-state index contributed by atoms with van der Waals surface area (Å²) in [7, 11) is 1.40. The predicted molar refractivity (Wildman–Crippen MR) is 92.6 cm³/mol. The number of methoxy groups -OCH3 is 1. The zero-order valence-electron chi connectivity index (χ0n) is 13.9. The monoisotopic (exact) mass is 435 g/mol. The number of ether oxygens (including phenoxy) is 2. The molecule has 12 heteroatoms. The Morgan fingerprint density at radius 1 is 1.21 bits per heavy atom. The predicted octanol–water partition coefficient (Wildman–Crippen LogP) is 4.69. The average molecular weight is 436 g/mol. The highest BCUT2D eigenvalue weighted by atomic mass is 35.5. The Morgan fingerprint density at radius 2 is 1.96 bits per heavy atom. The lowest BCUT2D eigenvalue weighted by molar-refractivity contribution is -0.142. The summed E-state index contributed by atoms with van der Waals surface area (Å²) in [5.41, 5.74) is -2.80. The van der Waals surface area contributed by atoms with E-state index in [-0.39, 0.29) is 33.9 Å². The molecule has 0 saturated carbocycles. The average Bonchev–Trinajstić information content (AvgIpc) is 3.07. The molecule has 0 bridgehead atoms. The van der Waals surface area contributed by atoms with Gasteiger partial charge in [0.1, 0.15) is 18.1 Å². The number of hydrogen-bond donors (Lipinski definition) is 1.